The van der Waals surface area contributed by atoms with E-state index < -0.39 is 21.4 Å². The van der Waals surface area contributed by atoms with E-state index in [4.69, 9.17) is 23.2 Å². The van der Waals surface area contributed by atoms with Crippen LogP contribution in [0.25, 0.3) is 0 Å². The smallest absolute Gasteiger partial charge is 0.233 e. The Hall–Kier alpha value is -2.07. The Kier molecular flexibility index (Phi) is 6.05. The van der Waals surface area contributed by atoms with Crippen molar-refractivity contribution >= 4 is 44.7 Å². The Morgan fingerprint density at radius 3 is 2.42 bits per heavy atom. The predicted molar refractivity (Wildman–Crippen MR) is 131 cm³/mol. The van der Waals surface area contributed by atoms with E-state index in [-0.39, 0.29) is 27.9 Å². The minimum absolute atomic E-state index is 0.0547. The van der Waals surface area contributed by atoms with Crippen LogP contribution in [0.1, 0.15) is 55.7 Å². The van der Waals surface area contributed by atoms with Gasteiger partial charge in [-0.05, 0) is 66.0 Å². The molecule has 174 valence electrons. The van der Waals surface area contributed by atoms with Gasteiger partial charge in [0.1, 0.15) is 5.78 Å². The third-order valence-corrected chi connectivity index (χ3v) is 9.81. The molecule has 2 aromatic carbocycles. The van der Waals surface area contributed by atoms with Gasteiger partial charge in [-0.1, -0.05) is 55.2 Å². The summed E-state index contributed by atoms with van der Waals surface area (Å²) in [4.78, 5) is 12.8. The zero-order valence-corrected chi connectivity index (χ0v) is 21.1. The molecule has 1 N–H and O–H groups in total. The van der Waals surface area contributed by atoms with Gasteiger partial charge in [0.15, 0.2) is 0 Å². The second-order valence-electron chi connectivity index (χ2n) is 9.83. The Bertz CT molecular complexity index is 1270. The number of anilines is 1. The molecule has 0 spiro atoms. The van der Waals surface area contributed by atoms with Crippen LogP contribution < -0.4 is 4.72 Å². The SMILES string of the molecule is Cc1cc(C(C#N)c2ccc(Cl)cc2)c(Cl)cc1NS(=O)(=O)C[C@]12CC[C@@H](CC1=O)C2(C)C. The third kappa shape index (κ3) is 4.05. The maximum Gasteiger partial charge on any atom is 0.233 e. The number of rotatable bonds is 6. The largest absolute Gasteiger partial charge is 0.299 e. The fourth-order valence-electron chi connectivity index (χ4n) is 5.65. The van der Waals surface area contributed by atoms with Crippen molar-refractivity contribution in [1.82, 2.24) is 0 Å². The molecule has 5 nitrogen and oxygen atoms in total. The first-order chi connectivity index (χ1) is 15.4. The number of nitriles is 1. The molecule has 0 radical (unpaired) electrons. The predicted octanol–water partition coefficient (Wildman–Crippen LogP) is 6.09. The number of sulfonamides is 1. The summed E-state index contributed by atoms with van der Waals surface area (Å²) in [5.41, 5.74) is 1.15. The van der Waals surface area contributed by atoms with Crippen LogP contribution in [0.3, 0.4) is 0 Å². The lowest BCUT2D eigenvalue weighted by Crippen LogP contribution is -2.43. The zero-order valence-electron chi connectivity index (χ0n) is 18.8. The van der Waals surface area contributed by atoms with Crippen LogP contribution in [0.15, 0.2) is 36.4 Å². The lowest BCUT2D eigenvalue weighted by Gasteiger charge is -2.36. The minimum Gasteiger partial charge on any atom is -0.299 e. The number of Topliss-reactive ketones (excluding diaryl/α,β-unsaturated/α-hetero) is 1. The van der Waals surface area contributed by atoms with Gasteiger partial charge < -0.3 is 0 Å². The van der Waals surface area contributed by atoms with E-state index in [2.05, 4.69) is 10.8 Å². The Morgan fingerprint density at radius 2 is 1.88 bits per heavy atom. The lowest BCUT2D eigenvalue weighted by molar-refractivity contribution is -0.128. The number of aryl methyl sites for hydroxylation is 1. The van der Waals surface area contributed by atoms with E-state index in [1.54, 1.807) is 43.3 Å². The Morgan fingerprint density at radius 1 is 1.21 bits per heavy atom. The van der Waals surface area contributed by atoms with E-state index in [0.29, 0.717) is 34.7 Å². The molecule has 33 heavy (non-hydrogen) atoms. The molecule has 2 saturated carbocycles. The van der Waals surface area contributed by atoms with E-state index in [9.17, 15) is 18.5 Å². The van der Waals surface area contributed by atoms with Crippen molar-refractivity contribution in [3.8, 4) is 6.07 Å². The number of nitrogens with one attached hydrogen (secondary N) is 1. The molecule has 0 aromatic heterocycles. The van der Waals surface area contributed by atoms with Crippen LogP contribution >= 0.6 is 23.2 Å². The molecule has 8 heteroatoms. The highest BCUT2D eigenvalue weighted by molar-refractivity contribution is 7.92. The summed E-state index contributed by atoms with van der Waals surface area (Å²) in [7, 11) is -3.81. The van der Waals surface area contributed by atoms with Gasteiger partial charge in [0.2, 0.25) is 10.0 Å². The summed E-state index contributed by atoms with van der Waals surface area (Å²) in [6.07, 6.45) is 1.95. The fraction of sp³-hybridized carbons (Fsp3) is 0.440. The molecule has 2 bridgehead atoms. The molecule has 0 saturated heterocycles. The van der Waals surface area contributed by atoms with Crippen LogP contribution in [-0.4, -0.2) is 20.0 Å². The highest BCUT2D eigenvalue weighted by atomic mass is 35.5. The highest BCUT2D eigenvalue weighted by Gasteiger charge is 2.65. The summed E-state index contributed by atoms with van der Waals surface area (Å²) in [5.74, 6) is -0.553. The van der Waals surface area contributed by atoms with Crippen molar-refractivity contribution in [2.75, 3.05) is 10.5 Å². The van der Waals surface area contributed by atoms with Crippen molar-refractivity contribution in [3.05, 3.63) is 63.1 Å². The summed E-state index contributed by atoms with van der Waals surface area (Å²) in [6, 6.07) is 12.5. The monoisotopic (exact) mass is 504 g/mol. The number of carbonyl (C=O) groups is 1. The fourth-order valence-corrected chi connectivity index (χ4v) is 8.00. The first-order valence-corrected chi connectivity index (χ1v) is 13.3. The number of hydrogen-bond acceptors (Lipinski definition) is 4. The lowest BCUT2D eigenvalue weighted by atomic mass is 9.70. The van der Waals surface area contributed by atoms with Gasteiger partial charge in [-0.3, -0.25) is 9.52 Å². The van der Waals surface area contributed by atoms with Gasteiger partial charge in [-0.15, -0.1) is 0 Å². The van der Waals surface area contributed by atoms with Crippen LogP contribution in [0, 0.1) is 35.0 Å². The average Bonchev–Trinajstić information content (AvgIpc) is 3.07. The molecular formula is C25H26Cl2N2O3S. The molecule has 1 unspecified atom stereocenters. The quantitative estimate of drug-likeness (QED) is 0.514. The van der Waals surface area contributed by atoms with Gasteiger partial charge in [-0.25, -0.2) is 8.42 Å². The minimum atomic E-state index is -3.81. The standard InChI is InChI=1S/C25H26Cl2N2O3S/c1-15-10-19(20(13-28)16-4-6-18(26)7-5-16)21(27)12-22(15)29-33(31,32)14-25-9-8-17(11-23(25)30)24(25,2)3/h4-7,10,12,17,20,29H,8-9,11,14H2,1-3H3/t17-,20?,25+/m0/s1. The second kappa shape index (κ2) is 8.30. The Balaban J connectivity index is 1.62. The van der Waals surface area contributed by atoms with E-state index >= 15 is 0 Å². The summed E-state index contributed by atoms with van der Waals surface area (Å²) >= 11 is 12.5. The maximum atomic E-state index is 13.2. The number of fused-ring (bicyclic) bond motifs is 2. The number of nitrogens with zero attached hydrogens (tertiary/aromatic N) is 1. The number of carbonyl (C=O) groups excluding carboxylic acids is 1. The summed E-state index contributed by atoms with van der Waals surface area (Å²) < 4.78 is 29.0. The van der Waals surface area contributed by atoms with E-state index in [1.165, 1.54) is 0 Å². The maximum absolute atomic E-state index is 13.2. The Labute approximate surface area is 205 Å². The van der Waals surface area contributed by atoms with Crippen LogP contribution in [0.2, 0.25) is 10.0 Å². The number of benzene rings is 2. The molecule has 0 aliphatic heterocycles. The molecule has 0 heterocycles. The van der Waals surface area contributed by atoms with Gasteiger partial charge in [-0.2, -0.15) is 5.26 Å². The van der Waals surface area contributed by atoms with Crippen LogP contribution in [0.4, 0.5) is 5.69 Å². The van der Waals surface area contributed by atoms with Crippen molar-refractivity contribution in [2.45, 2.75) is 46.0 Å². The van der Waals surface area contributed by atoms with Crippen molar-refractivity contribution < 1.29 is 13.2 Å². The first kappa shape index (κ1) is 24.1. The molecule has 2 aliphatic carbocycles. The molecule has 2 fully saturated rings. The van der Waals surface area contributed by atoms with E-state index in [0.717, 1.165) is 12.0 Å². The highest BCUT2D eigenvalue weighted by Crippen LogP contribution is 2.64. The van der Waals surface area contributed by atoms with E-state index in [1.807, 2.05) is 13.8 Å². The molecule has 2 aliphatic rings. The molecule has 0 amide bonds. The number of ketones is 1. The van der Waals surface area contributed by atoms with Crippen LogP contribution in [0.5, 0.6) is 0 Å². The van der Waals surface area contributed by atoms with Crippen molar-refractivity contribution in [3.63, 3.8) is 0 Å². The van der Waals surface area contributed by atoms with Gasteiger partial charge in [0, 0.05) is 16.5 Å². The van der Waals surface area contributed by atoms with Gasteiger partial charge in [0.05, 0.1) is 28.8 Å². The normalized spacial score (nSPS) is 24.5. The van der Waals surface area contributed by atoms with Crippen LogP contribution in [-0.2, 0) is 14.8 Å². The summed E-state index contributed by atoms with van der Waals surface area (Å²) in [5, 5.41) is 10.6. The first-order valence-electron chi connectivity index (χ1n) is 10.9. The van der Waals surface area contributed by atoms with Crippen molar-refractivity contribution in [2.24, 2.45) is 16.7 Å². The second-order valence-corrected chi connectivity index (χ2v) is 12.4. The van der Waals surface area contributed by atoms with Crippen molar-refractivity contribution in [1.29, 1.82) is 5.26 Å². The number of halogens is 2. The van der Waals surface area contributed by atoms with Gasteiger partial charge in [0.25, 0.3) is 0 Å². The third-order valence-electron chi connectivity index (χ3n) is 7.83. The average molecular weight is 505 g/mol. The zero-order chi connectivity index (χ0) is 24.2. The molecule has 3 atom stereocenters. The molecular weight excluding hydrogens is 479 g/mol. The molecule has 4 rings (SSSR count). The molecule has 2 aromatic rings. The topological polar surface area (TPSA) is 87.0 Å². The number of hydrogen-bond donors (Lipinski definition) is 1. The van der Waals surface area contributed by atoms with Gasteiger partial charge >= 0.3 is 0 Å². The summed E-state index contributed by atoms with van der Waals surface area (Å²) in [6.45, 7) is 5.80.